The number of anilines is 1. The van der Waals surface area contributed by atoms with E-state index < -0.39 is 0 Å². The van der Waals surface area contributed by atoms with E-state index in [4.69, 9.17) is 4.74 Å². The van der Waals surface area contributed by atoms with Gasteiger partial charge in [0, 0.05) is 11.8 Å². The second-order valence-electron chi connectivity index (χ2n) is 5.16. The highest BCUT2D eigenvalue weighted by Crippen LogP contribution is 2.31. The molecule has 1 aromatic heterocycles. The van der Waals surface area contributed by atoms with E-state index in [1.54, 1.807) is 7.11 Å². The molecule has 4 heteroatoms. The highest BCUT2D eigenvalue weighted by atomic mass is 16.5. The number of aryl methyl sites for hydroxylation is 2. The van der Waals surface area contributed by atoms with E-state index in [-0.39, 0.29) is 6.04 Å². The zero-order valence-electron chi connectivity index (χ0n) is 11.9. The topological polar surface area (TPSA) is 47.0 Å². The minimum atomic E-state index is 0.284. The van der Waals surface area contributed by atoms with Crippen LogP contribution in [0.5, 0.6) is 5.88 Å². The number of hydrogen-bond donors (Lipinski definition) is 1. The van der Waals surface area contributed by atoms with Gasteiger partial charge in [-0.25, -0.2) is 4.98 Å². The minimum absolute atomic E-state index is 0.284. The zero-order chi connectivity index (χ0) is 13.9. The van der Waals surface area contributed by atoms with E-state index in [0.29, 0.717) is 11.8 Å². The van der Waals surface area contributed by atoms with Gasteiger partial charge in [-0.05, 0) is 37.3 Å². The van der Waals surface area contributed by atoms with E-state index in [1.165, 1.54) is 17.5 Å². The lowest BCUT2D eigenvalue weighted by atomic mass is 9.88. The van der Waals surface area contributed by atoms with Crippen LogP contribution < -0.4 is 10.1 Å². The minimum Gasteiger partial charge on any atom is -0.481 e. The van der Waals surface area contributed by atoms with Crippen LogP contribution in [0.4, 0.5) is 5.95 Å². The van der Waals surface area contributed by atoms with Crippen molar-refractivity contribution in [3.05, 3.63) is 47.2 Å². The quantitative estimate of drug-likeness (QED) is 0.929. The van der Waals surface area contributed by atoms with E-state index >= 15 is 0 Å². The van der Waals surface area contributed by atoms with Gasteiger partial charge in [-0.3, -0.25) is 0 Å². The van der Waals surface area contributed by atoms with Crippen molar-refractivity contribution in [3.63, 3.8) is 0 Å². The van der Waals surface area contributed by atoms with E-state index in [1.807, 2.05) is 13.0 Å². The number of fused-ring (bicyclic) bond motifs is 1. The third-order valence-electron chi connectivity index (χ3n) is 3.71. The molecule has 1 aliphatic carbocycles. The lowest BCUT2D eigenvalue weighted by Crippen LogP contribution is -2.18. The number of aromatic nitrogens is 2. The number of hydrogen-bond acceptors (Lipinski definition) is 4. The van der Waals surface area contributed by atoms with Crippen molar-refractivity contribution in [3.8, 4) is 5.88 Å². The van der Waals surface area contributed by atoms with Crippen LogP contribution in [-0.2, 0) is 6.42 Å². The molecule has 0 radical (unpaired) electrons. The first-order chi connectivity index (χ1) is 9.76. The van der Waals surface area contributed by atoms with Crippen LogP contribution in [0, 0.1) is 6.92 Å². The second kappa shape index (κ2) is 5.49. The summed E-state index contributed by atoms with van der Waals surface area (Å²) in [4.78, 5) is 8.82. The largest absolute Gasteiger partial charge is 0.481 e. The van der Waals surface area contributed by atoms with E-state index in [2.05, 4.69) is 39.6 Å². The molecule has 104 valence electrons. The lowest BCUT2D eigenvalue weighted by Gasteiger charge is -2.26. The van der Waals surface area contributed by atoms with E-state index in [0.717, 1.165) is 18.5 Å². The molecule has 1 aliphatic rings. The Morgan fingerprint density at radius 1 is 1.25 bits per heavy atom. The summed E-state index contributed by atoms with van der Waals surface area (Å²) in [6, 6.07) is 10.7. The summed E-state index contributed by atoms with van der Waals surface area (Å²) >= 11 is 0. The standard InChI is InChI=1S/C16H19N3O/c1-11-10-15(20-2)19-16(17-11)18-14-9-5-7-12-6-3-4-8-13(12)14/h3-4,6,8,10,14H,5,7,9H2,1-2H3,(H,17,18,19). The normalized spacial score (nSPS) is 17.4. The summed E-state index contributed by atoms with van der Waals surface area (Å²) in [7, 11) is 1.63. The Labute approximate surface area is 119 Å². The molecule has 0 saturated carbocycles. The molecular weight excluding hydrogens is 250 g/mol. The monoisotopic (exact) mass is 269 g/mol. The Kier molecular flexibility index (Phi) is 3.54. The summed E-state index contributed by atoms with van der Waals surface area (Å²) in [6.07, 6.45) is 3.46. The van der Waals surface area contributed by atoms with Crippen LogP contribution in [0.2, 0.25) is 0 Å². The molecule has 1 aromatic carbocycles. The highest BCUT2D eigenvalue weighted by Gasteiger charge is 2.20. The van der Waals surface area contributed by atoms with Gasteiger partial charge in [0.05, 0.1) is 13.2 Å². The Hall–Kier alpha value is -2.10. The maximum Gasteiger partial charge on any atom is 0.226 e. The van der Waals surface area contributed by atoms with Gasteiger partial charge in [-0.2, -0.15) is 4.98 Å². The lowest BCUT2D eigenvalue weighted by molar-refractivity contribution is 0.396. The molecule has 1 N–H and O–H groups in total. The number of nitrogens with one attached hydrogen (secondary N) is 1. The summed E-state index contributed by atoms with van der Waals surface area (Å²) in [5, 5.41) is 3.45. The van der Waals surface area contributed by atoms with Crippen molar-refractivity contribution in [1.29, 1.82) is 0 Å². The van der Waals surface area contributed by atoms with Gasteiger partial charge in [0.25, 0.3) is 0 Å². The molecule has 1 heterocycles. The van der Waals surface area contributed by atoms with Crippen LogP contribution in [0.15, 0.2) is 30.3 Å². The highest BCUT2D eigenvalue weighted by molar-refractivity contribution is 5.39. The maximum absolute atomic E-state index is 5.20. The Morgan fingerprint density at radius 3 is 2.95 bits per heavy atom. The average molecular weight is 269 g/mol. The third-order valence-corrected chi connectivity index (χ3v) is 3.71. The summed E-state index contributed by atoms with van der Waals surface area (Å²) in [5.74, 6) is 1.24. The van der Waals surface area contributed by atoms with Gasteiger partial charge >= 0.3 is 0 Å². The third kappa shape index (κ3) is 2.59. The van der Waals surface area contributed by atoms with Crippen molar-refractivity contribution in [2.45, 2.75) is 32.2 Å². The van der Waals surface area contributed by atoms with Gasteiger partial charge in [0.1, 0.15) is 0 Å². The predicted molar refractivity (Wildman–Crippen MR) is 79.1 cm³/mol. The molecule has 0 bridgehead atoms. The molecule has 0 saturated heterocycles. The van der Waals surface area contributed by atoms with Gasteiger partial charge < -0.3 is 10.1 Å². The second-order valence-corrected chi connectivity index (χ2v) is 5.16. The van der Waals surface area contributed by atoms with Crippen molar-refractivity contribution in [2.75, 3.05) is 12.4 Å². The molecule has 3 rings (SSSR count). The van der Waals surface area contributed by atoms with Gasteiger partial charge in [-0.15, -0.1) is 0 Å². The molecule has 20 heavy (non-hydrogen) atoms. The van der Waals surface area contributed by atoms with Gasteiger partial charge in [-0.1, -0.05) is 24.3 Å². The fourth-order valence-electron chi connectivity index (χ4n) is 2.77. The Morgan fingerprint density at radius 2 is 2.10 bits per heavy atom. The molecule has 0 spiro atoms. The van der Waals surface area contributed by atoms with Gasteiger partial charge in [0.15, 0.2) is 0 Å². The molecule has 0 fully saturated rings. The number of ether oxygens (including phenoxy) is 1. The van der Waals surface area contributed by atoms with Gasteiger partial charge in [0.2, 0.25) is 11.8 Å². The van der Waals surface area contributed by atoms with Crippen LogP contribution >= 0.6 is 0 Å². The van der Waals surface area contributed by atoms with Crippen molar-refractivity contribution < 1.29 is 4.74 Å². The Balaban J connectivity index is 1.87. The van der Waals surface area contributed by atoms with Crippen LogP contribution in [0.25, 0.3) is 0 Å². The molecule has 0 aliphatic heterocycles. The zero-order valence-corrected chi connectivity index (χ0v) is 11.9. The maximum atomic E-state index is 5.20. The molecule has 1 atom stereocenters. The smallest absolute Gasteiger partial charge is 0.226 e. The molecule has 4 nitrogen and oxygen atoms in total. The molecule has 1 unspecified atom stereocenters. The number of rotatable bonds is 3. The van der Waals surface area contributed by atoms with Crippen molar-refractivity contribution in [1.82, 2.24) is 9.97 Å². The van der Waals surface area contributed by atoms with Crippen LogP contribution in [0.1, 0.15) is 35.7 Å². The molecule has 2 aromatic rings. The first-order valence-corrected chi connectivity index (χ1v) is 7.00. The summed E-state index contributed by atoms with van der Waals surface area (Å²) in [5.41, 5.74) is 3.70. The van der Waals surface area contributed by atoms with E-state index in [9.17, 15) is 0 Å². The number of methoxy groups -OCH3 is 1. The summed E-state index contributed by atoms with van der Waals surface area (Å²) in [6.45, 7) is 1.95. The molecule has 0 amide bonds. The Bertz CT molecular complexity index is 612. The number of benzene rings is 1. The molecular formula is C16H19N3O. The van der Waals surface area contributed by atoms with Crippen molar-refractivity contribution in [2.24, 2.45) is 0 Å². The predicted octanol–water partition coefficient (Wildman–Crippen LogP) is 3.28. The fourth-order valence-corrected chi connectivity index (χ4v) is 2.77. The first-order valence-electron chi connectivity index (χ1n) is 7.00. The number of nitrogens with zero attached hydrogens (tertiary/aromatic N) is 2. The average Bonchev–Trinajstić information content (AvgIpc) is 2.47. The first kappa shape index (κ1) is 12.9. The van der Waals surface area contributed by atoms with Crippen molar-refractivity contribution >= 4 is 5.95 Å². The SMILES string of the molecule is COc1cc(C)nc(NC2CCCc3ccccc32)n1. The van der Waals surface area contributed by atoms with Crippen LogP contribution in [-0.4, -0.2) is 17.1 Å². The fraction of sp³-hybridized carbons (Fsp3) is 0.375. The summed E-state index contributed by atoms with van der Waals surface area (Å²) < 4.78 is 5.20. The van der Waals surface area contributed by atoms with Crippen LogP contribution in [0.3, 0.4) is 0 Å².